The molecule has 1 nitrogen and oxygen atoms in total. The van der Waals surface area contributed by atoms with Gasteiger partial charge in [-0.1, -0.05) is 0 Å². The van der Waals surface area contributed by atoms with Gasteiger partial charge in [0.2, 0.25) is 0 Å². The Morgan fingerprint density at radius 1 is 1.00 bits per heavy atom. The number of rotatable bonds is 0. The van der Waals surface area contributed by atoms with Gasteiger partial charge in [-0.25, -0.2) is 0 Å². The molecular weight excluding hydrogens is 282 g/mol. The molecule has 0 unspecified atom stereocenters. The fourth-order valence-electron chi connectivity index (χ4n) is 0. The van der Waals surface area contributed by atoms with Crippen LogP contribution in [0.15, 0.2) is 0 Å². The predicted molar refractivity (Wildman–Crippen MR) is 15.2 cm³/mol. The second-order valence-corrected chi connectivity index (χ2v) is 0. The number of hydrogen-bond donors (Lipinski definition) is 0. The molecule has 0 radical (unpaired) electrons. The SMILES string of the molecule is Cl.Cl.[O]=[Pt]. The van der Waals surface area contributed by atoms with Gasteiger partial charge >= 0.3 is 23.2 Å². The van der Waals surface area contributed by atoms with E-state index in [1.165, 1.54) is 0 Å². The molecule has 0 aliphatic carbocycles. The molecule has 0 N–H and O–H groups in total. The van der Waals surface area contributed by atoms with Crippen molar-refractivity contribution in [1.29, 1.82) is 0 Å². The van der Waals surface area contributed by atoms with E-state index in [1.807, 2.05) is 0 Å². The third-order valence-corrected chi connectivity index (χ3v) is 0. The van der Waals surface area contributed by atoms with Crippen LogP contribution in [0, 0.1) is 0 Å². The molecule has 0 spiro atoms. The van der Waals surface area contributed by atoms with Crippen molar-refractivity contribution in [1.82, 2.24) is 0 Å². The molecular formula is H2Cl2OPt. The molecule has 0 heterocycles. The Labute approximate surface area is 48.2 Å². The summed E-state index contributed by atoms with van der Waals surface area (Å²) in [4.78, 5) is 0. The molecule has 0 aromatic heterocycles. The number of hydrogen-bond acceptors (Lipinski definition) is 1. The first-order valence-corrected chi connectivity index (χ1v) is 1.06. The summed E-state index contributed by atoms with van der Waals surface area (Å²) in [6.07, 6.45) is 0. The average Bonchev–Trinajstić information content (AvgIpc) is 1.00. The zero-order valence-electron chi connectivity index (χ0n) is 1.54. The second kappa shape index (κ2) is 33.6. The Morgan fingerprint density at radius 3 is 1.00 bits per heavy atom. The molecule has 0 amide bonds. The van der Waals surface area contributed by atoms with Gasteiger partial charge in [-0.15, -0.1) is 24.8 Å². The van der Waals surface area contributed by atoms with Crippen LogP contribution in [0.1, 0.15) is 0 Å². The summed E-state index contributed by atoms with van der Waals surface area (Å²) >= 11 is 0.889. The normalized spacial score (nSPS) is 1.50. The molecule has 0 aliphatic heterocycles. The van der Waals surface area contributed by atoms with E-state index < -0.39 is 0 Å². The van der Waals surface area contributed by atoms with Crippen LogP contribution in [0.25, 0.3) is 0 Å². The van der Waals surface area contributed by atoms with Crippen LogP contribution in [0.3, 0.4) is 0 Å². The fraction of sp³-hybridized carbons (Fsp3) is 0. The van der Waals surface area contributed by atoms with E-state index in [1.54, 1.807) is 0 Å². The van der Waals surface area contributed by atoms with E-state index in [2.05, 4.69) is 0 Å². The molecule has 0 aromatic carbocycles. The average molecular weight is 284 g/mol. The zero-order valence-corrected chi connectivity index (χ0v) is 5.45. The van der Waals surface area contributed by atoms with Crippen LogP contribution in [0.4, 0.5) is 0 Å². The van der Waals surface area contributed by atoms with Gasteiger partial charge in [0.05, 0.1) is 0 Å². The molecule has 32 valence electrons. The monoisotopic (exact) mass is 283 g/mol. The van der Waals surface area contributed by atoms with E-state index >= 15 is 0 Å². The van der Waals surface area contributed by atoms with Crippen molar-refractivity contribution in [3.05, 3.63) is 0 Å². The van der Waals surface area contributed by atoms with Gasteiger partial charge in [-0.2, -0.15) is 0 Å². The summed E-state index contributed by atoms with van der Waals surface area (Å²) in [5.74, 6) is 0. The first-order valence-electron chi connectivity index (χ1n) is 0.129. The molecule has 0 aromatic rings. The molecule has 0 fully saturated rings. The second-order valence-electron chi connectivity index (χ2n) is 0. The third-order valence-electron chi connectivity index (χ3n) is 0. The Kier molecular flexibility index (Phi) is 165. The summed E-state index contributed by atoms with van der Waals surface area (Å²) in [6, 6.07) is 0. The summed E-state index contributed by atoms with van der Waals surface area (Å²) in [7, 11) is 0. The van der Waals surface area contributed by atoms with E-state index in [-0.39, 0.29) is 24.8 Å². The summed E-state index contributed by atoms with van der Waals surface area (Å²) in [5.41, 5.74) is 0. The Morgan fingerprint density at radius 2 is 1.00 bits per heavy atom. The van der Waals surface area contributed by atoms with Gasteiger partial charge in [-0.3, -0.25) is 0 Å². The molecule has 0 atom stereocenters. The molecule has 0 bridgehead atoms. The van der Waals surface area contributed by atoms with Crippen molar-refractivity contribution < 1.29 is 23.2 Å². The maximum atomic E-state index is 8.22. The minimum absolute atomic E-state index is 0. The Hall–Kier alpha value is 1.07. The van der Waals surface area contributed by atoms with Crippen LogP contribution >= 0.6 is 24.8 Å². The molecule has 0 aliphatic rings. The standard InChI is InChI=1S/2ClH.O.Pt/h2*1H;;. The van der Waals surface area contributed by atoms with Crippen molar-refractivity contribution in [2.45, 2.75) is 0 Å². The van der Waals surface area contributed by atoms with E-state index in [4.69, 9.17) is 3.40 Å². The summed E-state index contributed by atoms with van der Waals surface area (Å²) in [5, 5.41) is 0. The van der Waals surface area contributed by atoms with Crippen LogP contribution < -0.4 is 0 Å². The van der Waals surface area contributed by atoms with Gasteiger partial charge < -0.3 is 0 Å². The first kappa shape index (κ1) is 19.6. The first-order chi connectivity index (χ1) is 1.00. The Bertz CT molecular complexity index is 6.00. The van der Waals surface area contributed by atoms with Crippen molar-refractivity contribution in [3.8, 4) is 0 Å². The third kappa shape index (κ3) is 11.5. The van der Waals surface area contributed by atoms with Gasteiger partial charge in [-0.05, 0) is 0 Å². The van der Waals surface area contributed by atoms with Crippen molar-refractivity contribution in [2.75, 3.05) is 0 Å². The van der Waals surface area contributed by atoms with Crippen molar-refractivity contribution in [2.24, 2.45) is 0 Å². The molecule has 0 rings (SSSR count). The van der Waals surface area contributed by atoms with Gasteiger partial charge in [0.15, 0.2) is 0 Å². The molecule has 0 saturated heterocycles. The molecule has 4 heteroatoms. The van der Waals surface area contributed by atoms with E-state index in [0.29, 0.717) is 0 Å². The van der Waals surface area contributed by atoms with Crippen LogP contribution in [0.5, 0.6) is 0 Å². The predicted octanol–water partition coefficient (Wildman–Crippen LogP) is 0.722. The van der Waals surface area contributed by atoms with Gasteiger partial charge in [0, 0.05) is 0 Å². The van der Waals surface area contributed by atoms with Crippen LogP contribution in [-0.2, 0) is 23.2 Å². The zero-order chi connectivity index (χ0) is 2.00. The topological polar surface area (TPSA) is 17.1 Å². The van der Waals surface area contributed by atoms with E-state index in [9.17, 15) is 0 Å². The fourth-order valence-corrected chi connectivity index (χ4v) is 0. The maximum absolute atomic E-state index is 8.22. The van der Waals surface area contributed by atoms with Gasteiger partial charge in [0.25, 0.3) is 0 Å². The summed E-state index contributed by atoms with van der Waals surface area (Å²) in [6.45, 7) is 0. The van der Waals surface area contributed by atoms with Gasteiger partial charge in [0.1, 0.15) is 0 Å². The van der Waals surface area contributed by atoms with Crippen LogP contribution in [0.2, 0.25) is 0 Å². The van der Waals surface area contributed by atoms with Crippen LogP contribution in [-0.4, -0.2) is 0 Å². The molecule has 0 saturated carbocycles. The molecule has 4 heavy (non-hydrogen) atoms. The summed E-state index contributed by atoms with van der Waals surface area (Å²) < 4.78 is 8.22. The van der Waals surface area contributed by atoms with E-state index in [0.717, 1.165) is 19.8 Å². The quantitative estimate of drug-likeness (QED) is 0.640. The van der Waals surface area contributed by atoms with Crippen molar-refractivity contribution >= 4 is 24.8 Å². The Balaban J connectivity index is -0.00000000500. The number of halogens is 2. The van der Waals surface area contributed by atoms with Crippen molar-refractivity contribution in [3.63, 3.8) is 0 Å². The minimum atomic E-state index is 0.